The summed E-state index contributed by atoms with van der Waals surface area (Å²) in [5, 5.41) is 0. The third-order valence-electron chi connectivity index (χ3n) is 2.65. The maximum absolute atomic E-state index is 11.4. The highest BCUT2D eigenvalue weighted by Crippen LogP contribution is 2.16. The Bertz CT molecular complexity index is 616. The molecule has 0 aliphatic rings. The molecule has 0 amide bonds. The smallest absolute Gasteiger partial charge is 0.325 e. The minimum absolute atomic E-state index is 0.113. The van der Waals surface area contributed by atoms with Crippen LogP contribution in [0.4, 0.5) is 0 Å². The van der Waals surface area contributed by atoms with Crippen LogP contribution in [-0.2, 0) is 11.3 Å². The first-order valence-electron chi connectivity index (χ1n) is 5.64. The van der Waals surface area contributed by atoms with E-state index >= 15 is 0 Å². The molecule has 2 aromatic rings. The molecule has 0 bridgehead atoms. The van der Waals surface area contributed by atoms with Crippen LogP contribution in [0.15, 0.2) is 46.1 Å². The predicted octanol–water partition coefficient (Wildman–Crippen LogP) is 1.34. The normalized spacial score (nSPS) is 12.3. The summed E-state index contributed by atoms with van der Waals surface area (Å²) in [6.07, 6.45) is 1.26. The number of H-pyrrole nitrogens is 2. The van der Waals surface area contributed by atoms with Crippen molar-refractivity contribution in [3.05, 3.63) is 68.5 Å². The highest BCUT2D eigenvalue weighted by Gasteiger charge is 2.07. The van der Waals surface area contributed by atoms with Gasteiger partial charge in [-0.15, -0.1) is 0 Å². The van der Waals surface area contributed by atoms with E-state index in [1.807, 2.05) is 37.3 Å². The zero-order valence-electron chi connectivity index (χ0n) is 9.97. The highest BCUT2D eigenvalue weighted by atomic mass is 16.5. The van der Waals surface area contributed by atoms with Crippen LogP contribution in [0.5, 0.6) is 0 Å². The molecule has 0 aliphatic heterocycles. The van der Waals surface area contributed by atoms with Crippen LogP contribution in [0.3, 0.4) is 0 Å². The number of rotatable bonds is 4. The topological polar surface area (TPSA) is 75.0 Å². The van der Waals surface area contributed by atoms with Crippen LogP contribution in [-0.4, -0.2) is 9.97 Å². The molecule has 1 atom stereocenters. The van der Waals surface area contributed by atoms with Crippen molar-refractivity contribution in [1.29, 1.82) is 0 Å². The molecular weight excluding hydrogens is 232 g/mol. The fourth-order valence-electron chi connectivity index (χ4n) is 1.58. The molecule has 1 aromatic heterocycles. The summed E-state index contributed by atoms with van der Waals surface area (Å²) in [6.45, 7) is 2.07. The molecule has 0 saturated carbocycles. The van der Waals surface area contributed by atoms with Crippen LogP contribution >= 0.6 is 0 Å². The van der Waals surface area contributed by atoms with Gasteiger partial charge in [0, 0.05) is 6.20 Å². The third kappa shape index (κ3) is 2.95. The number of nitrogens with one attached hydrogen (secondary N) is 2. The largest absolute Gasteiger partial charge is 0.369 e. The van der Waals surface area contributed by atoms with E-state index < -0.39 is 11.2 Å². The van der Waals surface area contributed by atoms with Crippen molar-refractivity contribution in [1.82, 2.24) is 9.97 Å². The lowest BCUT2D eigenvalue weighted by Crippen LogP contribution is -2.25. The number of hydrogen-bond donors (Lipinski definition) is 2. The monoisotopic (exact) mass is 246 g/mol. The molecule has 94 valence electrons. The van der Waals surface area contributed by atoms with Crippen LogP contribution < -0.4 is 11.2 Å². The summed E-state index contributed by atoms with van der Waals surface area (Å²) in [7, 11) is 0. The second-order valence-corrected chi connectivity index (χ2v) is 3.96. The number of ether oxygens (including phenoxy) is 1. The van der Waals surface area contributed by atoms with Gasteiger partial charge in [0.15, 0.2) is 0 Å². The Morgan fingerprint density at radius 2 is 1.94 bits per heavy atom. The van der Waals surface area contributed by atoms with Gasteiger partial charge in [-0.05, 0) is 12.5 Å². The maximum atomic E-state index is 11.4. The average molecular weight is 246 g/mol. The molecule has 1 aromatic carbocycles. The van der Waals surface area contributed by atoms with E-state index in [1.54, 1.807) is 0 Å². The Morgan fingerprint density at radius 3 is 2.61 bits per heavy atom. The molecule has 0 aliphatic carbocycles. The molecule has 0 fully saturated rings. The van der Waals surface area contributed by atoms with Crippen molar-refractivity contribution in [3.63, 3.8) is 0 Å². The first-order chi connectivity index (χ1) is 8.66. The molecule has 1 unspecified atom stereocenters. The summed E-state index contributed by atoms with van der Waals surface area (Å²) in [6, 6.07) is 9.72. The molecule has 2 rings (SSSR count). The predicted molar refractivity (Wildman–Crippen MR) is 67.3 cm³/mol. The minimum atomic E-state index is -0.514. The molecule has 5 heteroatoms. The van der Waals surface area contributed by atoms with E-state index in [0.717, 1.165) is 5.56 Å². The van der Waals surface area contributed by atoms with Crippen molar-refractivity contribution >= 4 is 0 Å². The van der Waals surface area contributed by atoms with E-state index in [2.05, 4.69) is 9.97 Å². The summed E-state index contributed by atoms with van der Waals surface area (Å²) in [5.41, 5.74) is 0.509. The number of aromatic amines is 2. The van der Waals surface area contributed by atoms with Crippen molar-refractivity contribution < 1.29 is 4.74 Å². The molecule has 5 nitrogen and oxygen atoms in total. The number of hydrogen-bond acceptors (Lipinski definition) is 3. The lowest BCUT2D eigenvalue weighted by atomic mass is 10.1. The molecule has 0 spiro atoms. The second-order valence-electron chi connectivity index (χ2n) is 3.96. The minimum Gasteiger partial charge on any atom is -0.369 e. The highest BCUT2D eigenvalue weighted by molar-refractivity contribution is 5.17. The molecule has 2 N–H and O–H groups in total. The first kappa shape index (κ1) is 12.3. The van der Waals surface area contributed by atoms with Gasteiger partial charge in [0.25, 0.3) is 5.56 Å². The fraction of sp³-hybridized carbons (Fsp3) is 0.231. The first-order valence-corrected chi connectivity index (χ1v) is 5.64. The van der Waals surface area contributed by atoms with Gasteiger partial charge in [0.05, 0.1) is 18.3 Å². The lowest BCUT2D eigenvalue weighted by Gasteiger charge is -2.12. The van der Waals surface area contributed by atoms with Gasteiger partial charge in [0.2, 0.25) is 0 Å². The van der Waals surface area contributed by atoms with E-state index in [4.69, 9.17) is 4.74 Å². The second kappa shape index (κ2) is 5.46. The van der Waals surface area contributed by atoms with Crippen molar-refractivity contribution in [2.75, 3.05) is 0 Å². The molecule has 18 heavy (non-hydrogen) atoms. The van der Waals surface area contributed by atoms with Crippen molar-refractivity contribution in [2.24, 2.45) is 0 Å². The molecular formula is C13H14N2O3. The van der Waals surface area contributed by atoms with Gasteiger partial charge < -0.3 is 9.72 Å². The van der Waals surface area contributed by atoms with E-state index in [0.29, 0.717) is 5.56 Å². The van der Waals surface area contributed by atoms with Crippen LogP contribution in [0, 0.1) is 0 Å². The number of benzene rings is 1. The Morgan fingerprint density at radius 1 is 1.22 bits per heavy atom. The molecule has 0 radical (unpaired) electrons. The van der Waals surface area contributed by atoms with Gasteiger partial charge in [-0.1, -0.05) is 30.3 Å². The Labute approximate surface area is 103 Å². The molecule has 0 saturated heterocycles. The van der Waals surface area contributed by atoms with Crippen molar-refractivity contribution in [2.45, 2.75) is 19.6 Å². The van der Waals surface area contributed by atoms with Crippen LogP contribution in [0.25, 0.3) is 0 Å². The standard InChI is InChI=1S/C13H14N2O3/c1-9(10-5-3-2-4-6-10)18-8-11-7-14-13(17)15-12(11)16/h2-7,9H,8H2,1H3,(H2,14,15,16,17). The van der Waals surface area contributed by atoms with E-state index in [9.17, 15) is 9.59 Å². The van der Waals surface area contributed by atoms with Crippen LogP contribution in [0.2, 0.25) is 0 Å². The lowest BCUT2D eigenvalue weighted by molar-refractivity contribution is 0.0517. The summed E-state index contributed by atoms with van der Waals surface area (Å²) in [4.78, 5) is 26.9. The maximum Gasteiger partial charge on any atom is 0.325 e. The molecule has 1 heterocycles. The fourth-order valence-corrected chi connectivity index (χ4v) is 1.58. The van der Waals surface area contributed by atoms with Gasteiger partial charge in [-0.25, -0.2) is 4.79 Å². The zero-order valence-corrected chi connectivity index (χ0v) is 9.97. The van der Waals surface area contributed by atoms with Crippen molar-refractivity contribution in [3.8, 4) is 0 Å². The van der Waals surface area contributed by atoms with Gasteiger partial charge in [-0.3, -0.25) is 9.78 Å². The van der Waals surface area contributed by atoms with Gasteiger partial charge >= 0.3 is 5.69 Å². The third-order valence-corrected chi connectivity index (χ3v) is 2.65. The quantitative estimate of drug-likeness (QED) is 0.854. The Hall–Kier alpha value is -2.14. The summed E-state index contributed by atoms with van der Waals surface area (Å²) in [5.74, 6) is 0. The summed E-state index contributed by atoms with van der Waals surface area (Å²) < 4.78 is 5.59. The van der Waals surface area contributed by atoms with Gasteiger partial charge in [-0.2, -0.15) is 0 Å². The zero-order chi connectivity index (χ0) is 13.0. The van der Waals surface area contributed by atoms with E-state index in [1.165, 1.54) is 6.20 Å². The SMILES string of the molecule is CC(OCc1c[nH]c(=O)[nH]c1=O)c1ccccc1. The number of aromatic nitrogens is 2. The average Bonchev–Trinajstić information content (AvgIpc) is 2.38. The Kier molecular flexibility index (Phi) is 3.74. The summed E-state index contributed by atoms with van der Waals surface area (Å²) >= 11 is 0. The van der Waals surface area contributed by atoms with Crippen LogP contribution in [0.1, 0.15) is 24.2 Å². The van der Waals surface area contributed by atoms with E-state index in [-0.39, 0.29) is 12.7 Å². The van der Waals surface area contributed by atoms with Gasteiger partial charge in [0.1, 0.15) is 0 Å². The Balaban J connectivity index is 2.04.